The Labute approximate surface area is 142 Å². The van der Waals surface area contributed by atoms with E-state index in [1.54, 1.807) is 6.92 Å². The standard InChI is InChI=1S/C15H25N3O5S/c1-9(2)11-6-18(24(5,20)21)7-13(11)16-15(19)14-12(8-22-4)10(3)23-17-14/h9,11,13H,6-8H2,1-5H3,(H,16,19)/t11-,13+/m1/s1. The van der Waals surface area contributed by atoms with E-state index in [4.69, 9.17) is 9.26 Å². The number of aromatic nitrogens is 1. The quantitative estimate of drug-likeness (QED) is 0.805. The second-order valence-corrected chi connectivity index (χ2v) is 8.55. The van der Waals surface area contributed by atoms with Crippen LogP contribution in [0.2, 0.25) is 0 Å². The van der Waals surface area contributed by atoms with E-state index in [2.05, 4.69) is 10.5 Å². The Bertz CT molecular complexity index is 698. The van der Waals surface area contributed by atoms with Crippen LogP contribution in [0, 0.1) is 18.8 Å². The summed E-state index contributed by atoms with van der Waals surface area (Å²) in [5.41, 5.74) is 0.795. The van der Waals surface area contributed by atoms with E-state index in [0.717, 1.165) is 0 Å². The van der Waals surface area contributed by atoms with Gasteiger partial charge in [0.15, 0.2) is 5.69 Å². The normalized spacial score (nSPS) is 22.2. The van der Waals surface area contributed by atoms with Crippen LogP contribution in [0.3, 0.4) is 0 Å². The monoisotopic (exact) mass is 359 g/mol. The molecule has 1 fully saturated rings. The van der Waals surface area contributed by atoms with Crippen molar-refractivity contribution in [2.45, 2.75) is 33.4 Å². The molecule has 0 bridgehead atoms. The zero-order valence-electron chi connectivity index (χ0n) is 14.7. The highest BCUT2D eigenvalue weighted by molar-refractivity contribution is 7.88. The second kappa shape index (κ2) is 7.20. The van der Waals surface area contributed by atoms with Crippen molar-refractivity contribution in [1.29, 1.82) is 0 Å². The molecule has 1 saturated heterocycles. The van der Waals surface area contributed by atoms with E-state index in [1.807, 2.05) is 13.8 Å². The smallest absolute Gasteiger partial charge is 0.274 e. The summed E-state index contributed by atoms with van der Waals surface area (Å²) < 4.78 is 35.2. The Morgan fingerprint density at radius 3 is 2.67 bits per heavy atom. The topological polar surface area (TPSA) is 102 Å². The summed E-state index contributed by atoms with van der Waals surface area (Å²) in [6, 6.07) is -0.264. The number of hydrogen-bond donors (Lipinski definition) is 1. The predicted octanol–water partition coefficient (Wildman–Crippen LogP) is 0.775. The SMILES string of the molecule is COCc1c(C(=O)N[C@H]2CN(S(C)(=O)=O)C[C@@H]2C(C)C)noc1C. The summed E-state index contributed by atoms with van der Waals surface area (Å²) in [6.45, 7) is 6.66. The zero-order chi connectivity index (χ0) is 18.1. The number of ether oxygens (including phenoxy) is 1. The first kappa shape index (κ1) is 18.9. The number of rotatable bonds is 6. The van der Waals surface area contributed by atoms with Crippen molar-refractivity contribution in [2.24, 2.45) is 11.8 Å². The lowest BCUT2D eigenvalue weighted by molar-refractivity contribution is 0.0912. The summed E-state index contributed by atoms with van der Waals surface area (Å²) in [4.78, 5) is 12.6. The van der Waals surface area contributed by atoms with Gasteiger partial charge in [-0.05, 0) is 18.8 Å². The average molecular weight is 359 g/mol. The highest BCUT2D eigenvalue weighted by atomic mass is 32.2. The predicted molar refractivity (Wildman–Crippen MR) is 88.0 cm³/mol. The summed E-state index contributed by atoms with van der Waals surface area (Å²) in [6.07, 6.45) is 1.19. The minimum absolute atomic E-state index is 0.0440. The molecule has 1 N–H and O–H groups in total. The van der Waals surface area contributed by atoms with E-state index in [1.165, 1.54) is 17.7 Å². The average Bonchev–Trinajstić information content (AvgIpc) is 3.04. The molecule has 1 aromatic heterocycles. The number of nitrogens with one attached hydrogen (secondary N) is 1. The van der Waals surface area contributed by atoms with Crippen LogP contribution in [0.1, 0.15) is 35.7 Å². The molecule has 2 rings (SSSR count). The molecule has 0 radical (unpaired) electrons. The highest BCUT2D eigenvalue weighted by Crippen LogP contribution is 2.26. The minimum Gasteiger partial charge on any atom is -0.380 e. The van der Waals surface area contributed by atoms with E-state index in [9.17, 15) is 13.2 Å². The number of carbonyl (C=O) groups excluding carboxylic acids is 1. The Kier molecular flexibility index (Phi) is 5.67. The van der Waals surface area contributed by atoms with Gasteiger partial charge in [0.05, 0.1) is 18.4 Å². The van der Waals surface area contributed by atoms with Crippen molar-refractivity contribution in [3.63, 3.8) is 0 Å². The first-order chi connectivity index (χ1) is 11.1. The summed E-state index contributed by atoms with van der Waals surface area (Å²) >= 11 is 0. The van der Waals surface area contributed by atoms with Crippen LogP contribution in [0.4, 0.5) is 0 Å². The van der Waals surface area contributed by atoms with Crippen LogP contribution >= 0.6 is 0 Å². The Balaban J connectivity index is 2.18. The van der Waals surface area contributed by atoms with Crippen LogP contribution in [0.15, 0.2) is 4.52 Å². The largest absolute Gasteiger partial charge is 0.380 e. The van der Waals surface area contributed by atoms with Crippen molar-refractivity contribution in [3.8, 4) is 0 Å². The number of aryl methyl sites for hydroxylation is 1. The third kappa shape index (κ3) is 3.96. The fourth-order valence-corrected chi connectivity index (χ4v) is 3.89. The van der Waals surface area contributed by atoms with E-state index in [-0.39, 0.29) is 42.6 Å². The molecule has 136 valence electrons. The molecular formula is C15H25N3O5S. The summed E-state index contributed by atoms with van der Waals surface area (Å²) in [5.74, 6) is 0.443. The van der Waals surface area contributed by atoms with Gasteiger partial charge in [0.25, 0.3) is 5.91 Å². The van der Waals surface area contributed by atoms with Crippen LogP contribution in [-0.4, -0.2) is 56.3 Å². The molecule has 9 heteroatoms. The molecule has 0 aliphatic carbocycles. The maximum Gasteiger partial charge on any atom is 0.274 e. The third-order valence-electron chi connectivity index (χ3n) is 4.46. The number of methoxy groups -OCH3 is 1. The molecule has 1 amide bonds. The lowest BCUT2D eigenvalue weighted by atomic mass is 9.91. The van der Waals surface area contributed by atoms with Crippen molar-refractivity contribution < 1.29 is 22.5 Å². The number of nitrogens with zero attached hydrogens (tertiary/aromatic N) is 2. The molecular weight excluding hydrogens is 334 g/mol. The number of hydrogen-bond acceptors (Lipinski definition) is 6. The van der Waals surface area contributed by atoms with Gasteiger partial charge in [-0.15, -0.1) is 0 Å². The van der Waals surface area contributed by atoms with Gasteiger partial charge >= 0.3 is 0 Å². The molecule has 8 nitrogen and oxygen atoms in total. The highest BCUT2D eigenvalue weighted by Gasteiger charge is 2.39. The molecule has 2 heterocycles. The van der Waals surface area contributed by atoms with Crippen molar-refractivity contribution in [2.75, 3.05) is 26.5 Å². The third-order valence-corrected chi connectivity index (χ3v) is 5.70. The molecule has 0 spiro atoms. The van der Waals surface area contributed by atoms with Crippen molar-refractivity contribution in [1.82, 2.24) is 14.8 Å². The molecule has 24 heavy (non-hydrogen) atoms. The van der Waals surface area contributed by atoms with Crippen LogP contribution in [0.5, 0.6) is 0 Å². The number of carbonyl (C=O) groups is 1. The van der Waals surface area contributed by atoms with Crippen LogP contribution < -0.4 is 5.32 Å². The molecule has 1 aliphatic rings. The minimum atomic E-state index is -3.29. The fraction of sp³-hybridized carbons (Fsp3) is 0.733. The fourth-order valence-electron chi connectivity index (χ4n) is 3.01. The van der Waals surface area contributed by atoms with Gasteiger partial charge in [0.2, 0.25) is 10.0 Å². The van der Waals surface area contributed by atoms with Gasteiger partial charge < -0.3 is 14.6 Å². The summed E-state index contributed by atoms with van der Waals surface area (Å²) in [7, 11) is -1.76. The van der Waals surface area contributed by atoms with Crippen LogP contribution in [0.25, 0.3) is 0 Å². The molecule has 0 saturated carbocycles. The van der Waals surface area contributed by atoms with Crippen molar-refractivity contribution in [3.05, 3.63) is 17.0 Å². The lowest BCUT2D eigenvalue weighted by Crippen LogP contribution is -2.42. The van der Waals surface area contributed by atoms with Gasteiger partial charge in [-0.25, -0.2) is 8.42 Å². The van der Waals surface area contributed by atoms with E-state index < -0.39 is 10.0 Å². The molecule has 2 atom stereocenters. The molecule has 1 aromatic rings. The Hall–Kier alpha value is -1.45. The van der Waals surface area contributed by atoms with Crippen LogP contribution in [-0.2, 0) is 21.4 Å². The maximum absolute atomic E-state index is 12.6. The number of sulfonamides is 1. The zero-order valence-corrected chi connectivity index (χ0v) is 15.5. The molecule has 0 aromatic carbocycles. The molecule has 0 unspecified atom stereocenters. The Morgan fingerprint density at radius 1 is 1.46 bits per heavy atom. The van der Waals surface area contributed by atoms with E-state index >= 15 is 0 Å². The summed E-state index contributed by atoms with van der Waals surface area (Å²) in [5, 5.41) is 6.73. The Morgan fingerprint density at radius 2 is 2.12 bits per heavy atom. The van der Waals surface area contributed by atoms with Crippen molar-refractivity contribution >= 4 is 15.9 Å². The van der Waals surface area contributed by atoms with Gasteiger partial charge in [-0.1, -0.05) is 19.0 Å². The van der Waals surface area contributed by atoms with Gasteiger partial charge in [-0.2, -0.15) is 4.31 Å². The van der Waals surface area contributed by atoms with E-state index in [0.29, 0.717) is 17.9 Å². The second-order valence-electron chi connectivity index (χ2n) is 6.57. The lowest BCUT2D eigenvalue weighted by Gasteiger charge is -2.22. The first-order valence-corrected chi connectivity index (χ1v) is 9.70. The maximum atomic E-state index is 12.6. The van der Waals surface area contributed by atoms with Gasteiger partial charge in [0.1, 0.15) is 5.76 Å². The molecule has 1 aliphatic heterocycles. The number of amides is 1. The van der Waals surface area contributed by atoms with Gasteiger partial charge in [-0.3, -0.25) is 4.79 Å². The van der Waals surface area contributed by atoms with Gasteiger partial charge in [0, 0.05) is 26.2 Å². The first-order valence-electron chi connectivity index (χ1n) is 7.85.